The van der Waals surface area contributed by atoms with Gasteiger partial charge in [-0.1, -0.05) is 18.2 Å². The largest absolute Gasteiger partial charge is 0.364 e. The average molecular weight is 215 g/mol. The molecule has 0 unspecified atom stereocenters. The lowest BCUT2D eigenvalue weighted by molar-refractivity contribution is 0.0996. The van der Waals surface area contributed by atoms with E-state index in [1.165, 1.54) is 5.57 Å². The van der Waals surface area contributed by atoms with E-state index in [0.717, 1.165) is 18.3 Å². The molecule has 0 aromatic carbocycles. The van der Waals surface area contributed by atoms with Crippen molar-refractivity contribution in [3.8, 4) is 0 Å². The van der Waals surface area contributed by atoms with E-state index in [9.17, 15) is 4.79 Å². The number of rotatable bonds is 3. The summed E-state index contributed by atoms with van der Waals surface area (Å²) in [6, 6.07) is 0. The first-order chi connectivity index (χ1) is 7.66. The molecule has 0 spiro atoms. The van der Waals surface area contributed by atoms with Crippen molar-refractivity contribution in [2.24, 2.45) is 5.73 Å². The maximum atomic E-state index is 11.0. The van der Waals surface area contributed by atoms with E-state index in [4.69, 9.17) is 5.73 Å². The van der Waals surface area contributed by atoms with E-state index in [2.05, 4.69) is 23.3 Å². The maximum absolute atomic E-state index is 11.0. The zero-order valence-corrected chi connectivity index (χ0v) is 9.31. The normalized spacial score (nSPS) is 14.9. The number of hydrogen-bond acceptors (Lipinski definition) is 2. The first-order valence-electron chi connectivity index (χ1n) is 5.36. The number of amides is 1. The predicted octanol–water partition coefficient (Wildman–Crippen LogP) is -0.483. The van der Waals surface area contributed by atoms with Crippen LogP contribution in [0.3, 0.4) is 0 Å². The summed E-state index contributed by atoms with van der Waals surface area (Å²) in [5.41, 5.74) is 7.63. The van der Waals surface area contributed by atoms with E-state index >= 15 is 0 Å². The molecular weight excluding hydrogens is 201 g/mol. The number of carbonyl (C=O) groups is 1. The Labute approximate surface area is 95.2 Å². The highest BCUT2D eigenvalue weighted by molar-refractivity contribution is 6.35. The Balaban J connectivity index is 2.16. The van der Waals surface area contributed by atoms with Crippen LogP contribution in [0, 0.1) is 0 Å². The molecule has 1 heterocycles. The molecular formula is C11H14BN3O. The Kier molecular flexibility index (Phi) is 2.94. The van der Waals surface area contributed by atoms with Gasteiger partial charge in [-0.15, -0.1) is 0 Å². The summed E-state index contributed by atoms with van der Waals surface area (Å²) in [7, 11) is 1.84. The smallest absolute Gasteiger partial charge is 0.268 e. The molecule has 4 nitrogen and oxygen atoms in total. The molecule has 0 atom stereocenters. The molecule has 1 aliphatic rings. The van der Waals surface area contributed by atoms with Crippen LogP contribution in [0.5, 0.6) is 0 Å². The summed E-state index contributed by atoms with van der Waals surface area (Å²) < 4.78 is 1.76. The molecule has 2 rings (SSSR count). The van der Waals surface area contributed by atoms with Gasteiger partial charge in [0.15, 0.2) is 0 Å². The average Bonchev–Trinajstić information content (AvgIpc) is 2.61. The second kappa shape index (κ2) is 4.39. The second-order valence-electron chi connectivity index (χ2n) is 3.98. The molecule has 0 bridgehead atoms. The van der Waals surface area contributed by atoms with Gasteiger partial charge < -0.3 is 5.73 Å². The summed E-state index contributed by atoms with van der Waals surface area (Å²) in [5, 5.41) is 4.17. The number of hydrogen-bond donors (Lipinski definition) is 1. The van der Waals surface area contributed by atoms with Crippen LogP contribution in [0.15, 0.2) is 30.0 Å². The molecule has 1 amide bonds. The van der Waals surface area contributed by atoms with Gasteiger partial charge in [0.2, 0.25) is 0 Å². The molecule has 1 aromatic heterocycles. The third-order valence-corrected chi connectivity index (χ3v) is 2.59. The quantitative estimate of drug-likeness (QED) is 0.692. The van der Waals surface area contributed by atoms with Crippen LogP contribution in [-0.2, 0) is 6.54 Å². The summed E-state index contributed by atoms with van der Waals surface area (Å²) in [4.78, 5) is 11.0. The molecule has 16 heavy (non-hydrogen) atoms. The Bertz CT molecular complexity index is 474. The zero-order valence-electron chi connectivity index (χ0n) is 9.31. The fraction of sp³-hybridized carbons (Fsp3) is 0.273. The number of carbonyl (C=O) groups excluding carboxylic acids is 1. The highest BCUT2D eigenvalue weighted by atomic mass is 16.1. The summed E-state index contributed by atoms with van der Waals surface area (Å²) in [6.07, 6.45) is 10.5. The minimum absolute atomic E-state index is 0.361. The molecule has 0 saturated carbocycles. The number of nitrogens with two attached hydrogens (primary N) is 1. The lowest BCUT2D eigenvalue weighted by Gasteiger charge is -2.06. The second-order valence-corrected chi connectivity index (χ2v) is 3.98. The Morgan fingerprint density at radius 1 is 1.56 bits per heavy atom. The van der Waals surface area contributed by atoms with E-state index in [-0.39, 0.29) is 0 Å². The molecule has 0 radical (unpaired) electrons. The van der Waals surface area contributed by atoms with Crippen molar-refractivity contribution in [1.29, 1.82) is 0 Å². The molecule has 1 aliphatic carbocycles. The molecule has 0 fully saturated rings. The summed E-state index contributed by atoms with van der Waals surface area (Å²) >= 11 is 0. The van der Waals surface area contributed by atoms with Gasteiger partial charge in [0, 0.05) is 6.20 Å². The Morgan fingerprint density at radius 2 is 2.38 bits per heavy atom. The van der Waals surface area contributed by atoms with Crippen LogP contribution in [0.2, 0.25) is 0 Å². The fourth-order valence-corrected chi connectivity index (χ4v) is 1.82. The van der Waals surface area contributed by atoms with E-state index in [0.29, 0.717) is 12.2 Å². The monoisotopic (exact) mass is 215 g/mol. The van der Waals surface area contributed by atoms with Crippen LogP contribution in [0.1, 0.15) is 23.3 Å². The van der Waals surface area contributed by atoms with Gasteiger partial charge in [-0.3, -0.25) is 9.48 Å². The van der Waals surface area contributed by atoms with Gasteiger partial charge in [-0.2, -0.15) is 5.10 Å². The van der Waals surface area contributed by atoms with Crippen molar-refractivity contribution < 1.29 is 4.79 Å². The van der Waals surface area contributed by atoms with Gasteiger partial charge in [0.05, 0.1) is 6.54 Å². The van der Waals surface area contributed by atoms with Crippen LogP contribution in [-0.4, -0.2) is 23.5 Å². The third-order valence-electron chi connectivity index (χ3n) is 2.59. The van der Waals surface area contributed by atoms with Gasteiger partial charge in [-0.25, -0.2) is 0 Å². The van der Waals surface area contributed by atoms with Gasteiger partial charge >= 0.3 is 0 Å². The van der Waals surface area contributed by atoms with Gasteiger partial charge in [-0.05, 0) is 23.9 Å². The third kappa shape index (κ3) is 2.24. The molecule has 0 saturated heterocycles. The fourth-order valence-electron chi connectivity index (χ4n) is 1.82. The van der Waals surface area contributed by atoms with Crippen molar-refractivity contribution in [3.05, 3.63) is 35.7 Å². The van der Waals surface area contributed by atoms with E-state index in [1.54, 1.807) is 4.68 Å². The van der Waals surface area contributed by atoms with Crippen LogP contribution in [0.4, 0.5) is 0 Å². The standard InChI is InChI=1S/C11H14BN3O/c12-9-7-15(14-10(9)11(13)16)6-8-4-2-1-3-5-8/h2,4-5,7H,1,3,6,12H2,(H2,13,16). The first-order valence-corrected chi connectivity index (χ1v) is 5.36. The minimum atomic E-state index is -0.468. The van der Waals surface area contributed by atoms with Crippen molar-refractivity contribution in [2.75, 3.05) is 0 Å². The molecule has 2 N–H and O–H groups in total. The van der Waals surface area contributed by atoms with Crippen LogP contribution in [0.25, 0.3) is 0 Å². The highest BCUT2D eigenvalue weighted by Gasteiger charge is 2.10. The van der Waals surface area contributed by atoms with Crippen LogP contribution < -0.4 is 11.2 Å². The minimum Gasteiger partial charge on any atom is -0.364 e. The maximum Gasteiger partial charge on any atom is 0.268 e. The SMILES string of the molecule is Bc1cn(CC2=CCCC=C2)nc1C(N)=O. The lowest BCUT2D eigenvalue weighted by atomic mass is 9.97. The molecule has 82 valence electrons. The molecule has 0 aliphatic heterocycles. The Morgan fingerprint density at radius 3 is 2.94 bits per heavy atom. The number of aromatic nitrogens is 2. The molecule has 5 heteroatoms. The van der Waals surface area contributed by atoms with E-state index in [1.807, 2.05) is 14.0 Å². The number of primary amides is 1. The van der Waals surface area contributed by atoms with Crippen molar-refractivity contribution in [2.45, 2.75) is 19.4 Å². The summed E-state index contributed by atoms with van der Waals surface area (Å²) in [5.74, 6) is -0.468. The van der Waals surface area contributed by atoms with Gasteiger partial charge in [0.25, 0.3) is 5.91 Å². The Hall–Kier alpha value is -1.78. The highest BCUT2D eigenvalue weighted by Crippen LogP contribution is 2.11. The lowest BCUT2D eigenvalue weighted by Crippen LogP contribution is -2.20. The zero-order chi connectivity index (χ0) is 11.5. The van der Waals surface area contributed by atoms with Crippen LogP contribution >= 0.6 is 0 Å². The van der Waals surface area contributed by atoms with E-state index < -0.39 is 5.91 Å². The summed E-state index contributed by atoms with van der Waals surface area (Å²) in [6.45, 7) is 0.699. The number of nitrogens with zero attached hydrogens (tertiary/aromatic N) is 2. The first kappa shape index (κ1) is 10.7. The number of allylic oxidation sites excluding steroid dienone is 4. The molecule has 1 aromatic rings. The van der Waals surface area contributed by atoms with Crippen molar-refractivity contribution >= 4 is 19.2 Å². The van der Waals surface area contributed by atoms with Crippen molar-refractivity contribution in [1.82, 2.24) is 9.78 Å². The van der Waals surface area contributed by atoms with Gasteiger partial charge in [0.1, 0.15) is 13.5 Å². The van der Waals surface area contributed by atoms with Crippen molar-refractivity contribution in [3.63, 3.8) is 0 Å². The predicted molar refractivity (Wildman–Crippen MR) is 65.4 cm³/mol. The topological polar surface area (TPSA) is 60.9 Å².